The minimum atomic E-state index is -0.432. The maximum Gasteiger partial charge on any atom is 0.258 e. The zero-order chi connectivity index (χ0) is 51.0. The van der Waals surface area contributed by atoms with Gasteiger partial charge >= 0.3 is 0 Å². The first-order valence-corrected chi connectivity index (χ1v) is 26.3. The van der Waals surface area contributed by atoms with E-state index >= 15 is 0 Å². The van der Waals surface area contributed by atoms with Gasteiger partial charge in [-0.25, -0.2) is 9.97 Å². The number of nitrogens with zero attached hydrogens (tertiary/aromatic N) is 12. The maximum absolute atomic E-state index is 13.7. The molecule has 20 heteroatoms. The Balaban J connectivity index is 0.000000159. The molecule has 2 saturated heterocycles. The highest BCUT2D eigenvalue weighted by Crippen LogP contribution is 2.33. The van der Waals surface area contributed by atoms with Gasteiger partial charge in [0.15, 0.2) is 11.3 Å². The lowest BCUT2D eigenvalue weighted by molar-refractivity contribution is 0.0943. The molecule has 18 nitrogen and oxygen atoms in total. The molecule has 74 heavy (non-hydrogen) atoms. The molecule has 0 aliphatic carbocycles. The summed E-state index contributed by atoms with van der Waals surface area (Å²) >= 11 is 2.86. The van der Waals surface area contributed by atoms with Gasteiger partial charge in [0, 0.05) is 51.7 Å². The van der Waals surface area contributed by atoms with Crippen LogP contribution < -0.4 is 31.3 Å². The normalized spacial score (nSPS) is 14.9. The second-order valence-corrected chi connectivity index (χ2v) is 20.9. The molecule has 10 aromatic rings. The van der Waals surface area contributed by atoms with Crippen molar-refractivity contribution in [3.63, 3.8) is 0 Å². The van der Waals surface area contributed by atoms with Crippen LogP contribution in [0.1, 0.15) is 56.3 Å². The molecule has 0 unspecified atom stereocenters. The number of likely N-dealkylation sites (N-methyl/N-ethyl adjacent to an activating group) is 2. The highest BCUT2D eigenvalue weighted by Gasteiger charge is 2.26. The van der Waals surface area contributed by atoms with Crippen LogP contribution in [-0.2, 0) is 13.1 Å². The van der Waals surface area contributed by atoms with Gasteiger partial charge in [-0.1, -0.05) is 24.3 Å². The number of rotatable bonds is 8. The Bertz CT molecular complexity index is 3640. The molecule has 2 aliphatic heterocycles. The van der Waals surface area contributed by atoms with Crippen LogP contribution in [0.15, 0.2) is 107 Å². The average molecular weight is 1030 g/mol. The lowest BCUT2D eigenvalue weighted by Gasteiger charge is -2.22. The Morgan fingerprint density at radius 2 is 0.959 bits per heavy atom. The number of fused-ring (bicyclic) bond motifs is 10. The summed E-state index contributed by atoms with van der Waals surface area (Å²) in [7, 11) is 4.27. The lowest BCUT2D eigenvalue weighted by Crippen LogP contribution is -2.31. The number of amides is 2. The number of hydrogen-bond donors (Lipinski definition) is 2. The molecule has 2 N–H and O–H groups in total. The van der Waals surface area contributed by atoms with Gasteiger partial charge in [0.05, 0.1) is 79.5 Å². The van der Waals surface area contributed by atoms with Crippen LogP contribution >= 0.6 is 22.7 Å². The number of carbonyl (C=O) groups is 2. The summed E-state index contributed by atoms with van der Waals surface area (Å²) < 4.78 is 5.89. The van der Waals surface area contributed by atoms with Gasteiger partial charge in [0.2, 0.25) is 10.9 Å². The van der Waals surface area contributed by atoms with E-state index in [1.54, 1.807) is 24.8 Å². The Hall–Kier alpha value is -7.78. The summed E-state index contributed by atoms with van der Waals surface area (Å²) in [4.78, 5) is 91.8. The van der Waals surface area contributed by atoms with E-state index in [1.165, 1.54) is 22.7 Å². The van der Waals surface area contributed by atoms with Crippen molar-refractivity contribution in [3.8, 4) is 0 Å². The third-order valence-corrected chi connectivity index (χ3v) is 15.9. The summed E-state index contributed by atoms with van der Waals surface area (Å²) in [5, 5.41) is 6.59. The number of aryl methyl sites for hydroxylation is 2. The molecule has 2 aromatic carbocycles. The Morgan fingerprint density at radius 3 is 1.38 bits per heavy atom. The number of anilines is 2. The number of pyridine rings is 4. The molecule has 2 amide bonds. The summed E-state index contributed by atoms with van der Waals surface area (Å²) in [6.07, 6.45) is 8.67. The molecule has 2 aliphatic rings. The van der Waals surface area contributed by atoms with E-state index in [1.807, 2.05) is 95.4 Å². The minimum absolute atomic E-state index is 0.125. The van der Waals surface area contributed by atoms with E-state index in [4.69, 9.17) is 9.97 Å². The third kappa shape index (κ3) is 9.52. The fraction of sp³-hybridized carbons (Fsp3) is 0.296. The highest BCUT2D eigenvalue weighted by atomic mass is 32.1. The zero-order valence-electron chi connectivity index (χ0n) is 41.5. The van der Waals surface area contributed by atoms with Crippen LogP contribution in [0.2, 0.25) is 0 Å². The van der Waals surface area contributed by atoms with Crippen molar-refractivity contribution < 1.29 is 9.59 Å². The van der Waals surface area contributed by atoms with Gasteiger partial charge in [0.25, 0.3) is 11.8 Å². The van der Waals surface area contributed by atoms with Gasteiger partial charge in [-0.3, -0.25) is 47.9 Å². The topological polar surface area (TPSA) is 191 Å². The van der Waals surface area contributed by atoms with Crippen molar-refractivity contribution >= 4 is 98.3 Å². The van der Waals surface area contributed by atoms with Crippen LogP contribution in [0, 0.1) is 13.8 Å². The molecule has 0 atom stereocenters. The summed E-state index contributed by atoms with van der Waals surface area (Å²) in [6, 6.07) is 23.3. The smallest absolute Gasteiger partial charge is 0.258 e. The van der Waals surface area contributed by atoms with Crippen LogP contribution in [0.5, 0.6) is 0 Å². The Labute approximate surface area is 433 Å². The molecular weight excluding hydrogens is 973 g/mol. The minimum Gasteiger partial charge on any atom is -0.355 e. The average Bonchev–Trinajstić information content (AvgIpc) is 3.83. The molecule has 12 rings (SSSR count). The molecule has 0 spiro atoms. The predicted molar refractivity (Wildman–Crippen MR) is 293 cm³/mol. The first kappa shape index (κ1) is 48.5. The fourth-order valence-corrected chi connectivity index (χ4v) is 12.0. The first-order valence-electron chi connectivity index (χ1n) is 24.7. The van der Waals surface area contributed by atoms with E-state index in [-0.39, 0.29) is 35.1 Å². The predicted octanol–water partition coefficient (Wildman–Crippen LogP) is 6.47. The van der Waals surface area contributed by atoms with Crippen LogP contribution in [0.4, 0.5) is 11.6 Å². The highest BCUT2D eigenvalue weighted by molar-refractivity contribution is 7.24. The molecule has 0 saturated carbocycles. The van der Waals surface area contributed by atoms with Gasteiger partial charge in [-0.2, -0.15) is 0 Å². The fourth-order valence-electron chi connectivity index (χ4n) is 9.60. The number of hydrogen-bond acceptors (Lipinski definition) is 16. The number of carbonyl (C=O) groups excluding carboxylic acids is 2. The molecule has 0 radical (unpaired) electrons. The summed E-state index contributed by atoms with van der Waals surface area (Å²) in [6.45, 7) is 11.7. The van der Waals surface area contributed by atoms with Gasteiger partial charge < -0.3 is 30.2 Å². The van der Waals surface area contributed by atoms with Gasteiger partial charge in [-0.15, -0.1) is 22.7 Å². The molecule has 10 heterocycles. The van der Waals surface area contributed by atoms with Crippen molar-refractivity contribution in [2.75, 3.05) is 76.3 Å². The quantitative estimate of drug-likeness (QED) is 0.169. The number of aromatic nitrogens is 8. The number of thiazole rings is 2. The van der Waals surface area contributed by atoms with Crippen molar-refractivity contribution in [3.05, 3.63) is 152 Å². The molecular formula is C54H54N14O4S2. The van der Waals surface area contributed by atoms with E-state index in [9.17, 15) is 19.2 Å². The van der Waals surface area contributed by atoms with E-state index < -0.39 is 11.8 Å². The second-order valence-electron chi connectivity index (χ2n) is 18.9. The lowest BCUT2D eigenvalue weighted by atomic mass is 10.1. The van der Waals surface area contributed by atoms with E-state index in [0.717, 1.165) is 109 Å². The zero-order valence-corrected chi connectivity index (χ0v) is 43.2. The number of benzene rings is 2. The van der Waals surface area contributed by atoms with Crippen LogP contribution in [0.25, 0.3) is 52.2 Å². The first-order chi connectivity index (χ1) is 36.0. The summed E-state index contributed by atoms with van der Waals surface area (Å²) in [5.41, 5.74) is 5.47. The second kappa shape index (κ2) is 20.6. The van der Waals surface area contributed by atoms with Crippen molar-refractivity contribution in [2.45, 2.75) is 39.8 Å². The van der Waals surface area contributed by atoms with E-state index in [0.29, 0.717) is 43.1 Å². The Morgan fingerprint density at radius 1 is 0.527 bits per heavy atom. The molecule has 8 aromatic heterocycles. The largest absolute Gasteiger partial charge is 0.355 e. The number of nitrogens with one attached hydrogen (secondary N) is 2. The number of para-hydroxylation sites is 2. The van der Waals surface area contributed by atoms with Crippen LogP contribution in [0.3, 0.4) is 0 Å². The van der Waals surface area contributed by atoms with Crippen molar-refractivity contribution in [1.29, 1.82) is 0 Å². The van der Waals surface area contributed by atoms with Crippen LogP contribution in [-0.4, -0.2) is 127 Å². The molecule has 376 valence electrons. The van der Waals surface area contributed by atoms with Gasteiger partial charge in [-0.05, 0) is 102 Å². The maximum atomic E-state index is 13.7. The molecule has 0 bridgehead atoms. The SMILES string of the molecule is Cc1cnc(CNC(=O)c2c(=O)c3ccc(N4CCCN(C)CC4)nc3n3c2sc2ccccc23)cn1.Cc1cnc(CNC(=O)c2c(=O)c3ccc(N4CCCN(C)CC4)nc3n3c2sc2ccccc23)cn1. The Kier molecular flexibility index (Phi) is 13.5. The van der Waals surface area contributed by atoms with Gasteiger partial charge in [0.1, 0.15) is 32.4 Å². The molecule has 2 fully saturated rings. The van der Waals surface area contributed by atoms with Crippen molar-refractivity contribution in [1.82, 2.24) is 59.1 Å². The van der Waals surface area contributed by atoms with Crippen molar-refractivity contribution in [2.24, 2.45) is 0 Å². The summed E-state index contributed by atoms with van der Waals surface area (Å²) in [5.74, 6) is 0.832. The third-order valence-electron chi connectivity index (χ3n) is 13.6. The monoisotopic (exact) mass is 1030 g/mol. The standard InChI is InChI=1S/2C27H27N7O2S/c2*1-17-14-29-18(15-28-17)16-30-26(36)23-24(35)19-8-9-22(33-11-5-10-32(2)12-13-33)31-25(19)34-20-6-3-4-7-21(20)37-27(23)34/h2*3-4,6-9,14-15H,5,10-13,16H2,1-2H3,(H,30,36). The van der Waals surface area contributed by atoms with E-state index in [2.05, 4.69) is 64.3 Å².